The molecule has 5 nitrogen and oxygen atoms in total. The number of rotatable bonds is 5. The van der Waals surface area contributed by atoms with E-state index in [0.29, 0.717) is 17.1 Å². The number of urea groups is 1. The monoisotopic (exact) mass is 426 g/mol. The van der Waals surface area contributed by atoms with Crippen LogP contribution in [0.25, 0.3) is 22.0 Å². The van der Waals surface area contributed by atoms with E-state index in [-0.39, 0.29) is 5.69 Å². The van der Waals surface area contributed by atoms with Crippen LogP contribution in [0.4, 0.5) is 14.9 Å². The summed E-state index contributed by atoms with van der Waals surface area (Å²) in [6.07, 6.45) is 5.00. The lowest BCUT2D eigenvalue weighted by Crippen LogP contribution is -2.30. The third kappa shape index (κ3) is 4.38. The van der Waals surface area contributed by atoms with E-state index in [0.717, 1.165) is 39.7 Å². The van der Waals surface area contributed by atoms with E-state index in [1.165, 1.54) is 18.9 Å². The molecule has 4 rings (SSSR count). The largest absolute Gasteiger partial charge is 0.338 e. The summed E-state index contributed by atoms with van der Waals surface area (Å²) < 4.78 is 14.5. The molecule has 2 heterocycles. The fraction of sp³-hybridized carbons (Fsp3) is 0.348. The molecule has 30 heavy (non-hydrogen) atoms. The van der Waals surface area contributed by atoms with Crippen molar-refractivity contribution in [2.24, 2.45) is 5.41 Å². The number of amides is 2. The Kier molecular flexibility index (Phi) is 5.36. The van der Waals surface area contributed by atoms with Crippen LogP contribution < -0.4 is 10.6 Å². The third-order valence-electron chi connectivity index (χ3n) is 5.83. The van der Waals surface area contributed by atoms with Crippen molar-refractivity contribution in [3.05, 3.63) is 52.7 Å². The zero-order chi connectivity index (χ0) is 21.5. The number of pyridine rings is 2. The quantitative estimate of drug-likeness (QED) is 0.490. The van der Waals surface area contributed by atoms with Crippen molar-refractivity contribution in [3.63, 3.8) is 0 Å². The van der Waals surface area contributed by atoms with Crippen molar-refractivity contribution in [3.8, 4) is 11.1 Å². The normalized spacial score (nSPS) is 14.6. The predicted molar refractivity (Wildman–Crippen MR) is 118 cm³/mol. The first kappa shape index (κ1) is 20.5. The first-order valence-electron chi connectivity index (χ1n) is 10.0. The van der Waals surface area contributed by atoms with Crippen LogP contribution in [0.15, 0.2) is 30.5 Å². The summed E-state index contributed by atoms with van der Waals surface area (Å²) in [4.78, 5) is 21.0. The Hall–Kier alpha value is -2.73. The number of aryl methyl sites for hydroxylation is 2. The Bertz CT molecular complexity index is 1140. The van der Waals surface area contributed by atoms with Gasteiger partial charge in [0, 0.05) is 35.5 Å². The molecule has 7 heteroatoms. The van der Waals surface area contributed by atoms with Crippen molar-refractivity contribution < 1.29 is 9.18 Å². The highest BCUT2D eigenvalue weighted by atomic mass is 35.5. The van der Waals surface area contributed by atoms with E-state index in [2.05, 4.69) is 27.5 Å². The van der Waals surface area contributed by atoms with Crippen LogP contribution in [0.5, 0.6) is 0 Å². The van der Waals surface area contributed by atoms with Gasteiger partial charge in [-0.05, 0) is 67.9 Å². The van der Waals surface area contributed by atoms with E-state index >= 15 is 0 Å². The van der Waals surface area contributed by atoms with E-state index < -0.39 is 11.8 Å². The Balaban J connectivity index is 1.60. The molecule has 0 bridgehead atoms. The second kappa shape index (κ2) is 7.84. The zero-order valence-corrected chi connectivity index (χ0v) is 18.0. The average molecular weight is 427 g/mol. The molecule has 0 atom stereocenters. The Morgan fingerprint density at radius 3 is 2.70 bits per heavy atom. The topological polar surface area (TPSA) is 66.9 Å². The molecule has 0 radical (unpaired) electrons. The maximum atomic E-state index is 14.5. The fourth-order valence-electron chi connectivity index (χ4n) is 3.58. The lowest BCUT2D eigenvalue weighted by atomic mass is 9.97. The molecule has 1 saturated carbocycles. The van der Waals surface area contributed by atoms with Crippen molar-refractivity contribution in [1.82, 2.24) is 15.3 Å². The molecule has 2 aromatic heterocycles. The van der Waals surface area contributed by atoms with Crippen LogP contribution in [-0.4, -0.2) is 22.5 Å². The number of benzene rings is 1. The highest BCUT2D eigenvalue weighted by Crippen LogP contribution is 2.47. The number of halogens is 2. The molecular weight excluding hydrogens is 403 g/mol. The summed E-state index contributed by atoms with van der Waals surface area (Å²) in [5.41, 5.74) is 4.44. The van der Waals surface area contributed by atoms with E-state index in [9.17, 15) is 9.18 Å². The lowest BCUT2D eigenvalue weighted by Gasteiger charge is -2.15. The third-order valence-corrected chi connectivity index (χ3v) is 6.03. The first-order valence-corrected chi connectivity index (χ1v) is 10.4. The summed E-state index contributed by atoms with van der Waals surface area (Å²) >= 11 is 5.97. The Morgan fingerprint density at radius 1 is 1.20 bits per heavy atom. The van der Waals surface area contributed by atoms with Crippen LogP contribution in [-0.2, 0) is 0 Å². The highest BCUT2D eigenvalue weighted by Gasteiger charge is 2.36. The van der Waals surface area contributed by atoms with Gasteiger partial charge in [-0.25, -0.2) is 14.2 Å². The number of carbonyl (C=O) groups excluding carboxylic acids is 1. The average Bonchev–Trinajstić information content (AvgIpc) is 3.41. The summed E-state index contributed by atoms with van der Waals surface area (Å²) in [5.74, 6) is -0.472. The van der Waals surface area contributed by atoms with Crippen LogP contribution >= 0.6 is 11.6 Å². The summed E-state index contributed by atoms with van der Waals surface area (Å²) in [7, 11) is 0. The predicted octanol–water partition coefficient (Wildman–Crippen LogP) is 6.02. The minimum atomic E-state index is -0.472. The van der Waals surface area contributed by atoms with Gasteiger partial charge in [-0.15, -0.1) is 0 Å². The molecule has 2 amide bonds. The molecule has 0 spiro atoms. The molecule has 0 unspecified atom stereocenters. The number of nitrogens with one attached hydrogen (secondary N) is 2. The van der Waals surface area contributed by atoms with Gasteiger partial charge in [0.2, 0.25) is 0 Å². The van der Waals surface area contributed by atoms with Crippen molar-refractivity contribution >= 4 is 34.2 Å². The fourth-order valence-corrected chi connectivity index (χ4v) is 3.73. The second-order valence-corrected chi connectivity index (χ2v) is 8.80. The van der Waals surface area contributed by atoms with E-state index in [1.54, 1.807) is 18.3 Å². The minimum Gasteiger partial charge on any atom is -0.338 e. The van der Waals surface area contributed by atoms with Gasteiger partial charge in [0.05, 0.1) is 11.2 Å². The van der Waals surface area contributed by atoms with Gasteiger partial charge >= 0.3 is 6.03 Å². The van der Waals surface area contributed by atoms with Gasteiger partial charge in [0.15, 0.2) is 0 Å². The standard InChI is InChI=1S/C23H24ClFN4O/c1-13-8-18(25)20(29-22(30)26-7-6-23(3)4-5-23)10-16(13)17-9-15-12-27-21(24)11-19(15)28-14(17)2/h8-12H,4-7H2,1-3H3,(H2,26,29,30). The molecule has 0 aliphatic heterocycles. The van der Waals surface area contributed by atoms with Gasteiger partial charge in [-0.1, -0.05) is 18.5 Å². The van der Waals surface area contributed by atoms with Crippen molar-refractivity contribution in [2.75, 3.05) is 11.9 Å². The van der Waals surface area contributed by atoms with Gasteiger partial charge < -0.3 is 10.6 Å². The number of aromatic nitrogens is 2. The molecule has 2 N–H and O–H groups in total. The van der Waals surface area contributed by atoms with Gasteiger partial charge in [0.25, 0.3) is 0 Å². The molecule has 0 saturated heterocycles. The maximum Gasteiger partial charge on any atom is 0.319 e. The first-order chi connectivity index (χ1) is 14.2. The second-order valence-electron chi connectivity index (χ2n) is 8.41. The SMILES string of the molecule is Cc1cc(F)c(NC(=O)NCCC2(C)CC2)cc1-c1cc2cnc(Cl)cc2nc1C. The van der Waals surface area contributed by atoms with Gasteiger partial charge in [-0.2, -0.15) is 0 Å². The van der Waals surface area contributed by atoms with Crippen LogP contribution in [0, 0.1) is 25.1 Å². The lowest BCUT2D eigenvalue weighted by molar-refractivity contribution is 0.251. The van der Waals surface area contributed by atoms with Crippen LogP contribution in [0.2, 0.25) is 5.15 Å². The number of nitrogens with zero attached hydrogens (tertiary/aromatic N) is 2. The smallest absolute Gasteiger partial charge is 0.319 e. The summed E-state index contributed by atoms with van der Waals surface area (Å²) in [5, 5.41) is 6.68. The molecule has 3 aromatic rings. The van der Waals surface area contributed by atoms with E-state index in [4.69, 9.17) is 11.6 Å². The van der Waals surface area contributed by atoms with Crippen LogP contribution in [0.3, 0.4) is 0 Å². The van der Waals surface area contributed by atoms with Crippen molar-refractivity contribution in [1.29, 1.82) is 0 Å². The molecular formula is C23H24ClFN4O. The Labute approximate surface area is 180 Å². The number of anilines is 1. The summed E-state index contributed by atoms with van der Waals surface area (Å²) in [6, 6.07) is 6.36. The maximum absolute atomic E-state index is 14.5. The van der Waals surface area contributed by atoms with Crippen LogP contribution in [0.1, 0.15) is 37.4 Å². The van der Waals surface area contributed by atoms with Gasteiger partial charge in [0.1, 0.15) is 11.0 Å². The van der Waals surface area contributed by atoms with Gasteiger partial charge in [-0.3, -0.25) is 4.98 Å². The highest BCUT2D eigenvalue weighted by molar-refractivity contribution is 6.30. The summed E-state index contributed by atoms with van der Waals surface area (Å²) in [6.45, 7) is 6.51. The zero-order valence-electron chi connectivity index (χ0n) is 17.3. The molecule has 1 aliphatic rings. The molecule has 1 aliphatic carbocycles. The number of hydrogen-bond acceptors (Lipinski definition) is 3. The Morgan fingerprint density at radius 2 is 1.97 bits per heavy atom. The minimum absolute atomic E-state index is 0.138. The van der Waals surface area contributed by atoms with Crippen molar-refractivity contribution in [2.45, 2.75) is 40.0 Å². The van der Waals surface area contributed by atoms with E-state index in [1.807, 2.05) is 19.9 Å². The number of fused-ring (bicyclic) bond motifs is 1. The molecule has 156 valence electrons. The molecule has 1 fully saturated rings. The number of carbonyl (C=O) groups is 1. The molecule has 1 aromatic carbocycles. The number of hydrogen-bond donors (Lipinski definition) is 2.